The molecule has 0 aliphatic carbocycles. The Labute approximate surface area is 121 Å². The third kappa shape index (κ3) is 3.20. The highest BCUT2D eigenvalue weighted by Gasteiger charge is 2.28. The van der Waals surface area contributed by atoms with Gasteiger partial charge in [-0.05, 0) is 25.0 Å². The predicted octanol–water partition coefficient (Wildman–Crippen LogP) is 3.75. The first-order valence-corrected chi connectivity index (χ1v) is 6.82. The molecular weight excluding hydrogens is 288 g/mol. The fraction of sp³-hybridized carbons (Fsp3) is 0.500. The molecule has 0 bridgehead atoms. The second kappa shape index (κ2) is 5.56. The van der Waals surface area contributed by atoms with Crippen LogP contribution in [0, 0.1) is 5.92 Å². The highest BCUT2D eigenvalue weighted by molar-refractivity contribution is 6.33. The van der Waals surface area contributed by atoms with Gasteiger partial charge in [-0.1, -0.05) is 17.7 Å². The van der Waals surface area contributed by atoms with Gasteiger partial charge in [0.15, 0.2) is 0 Å². The van der Waals surface area contributed by atoms with Crippen molar-refractivity contribution in [1.82, 2.24) is 0 Å². The molecule has 2 rings (SSSR count). The number of rotatable bonds is 3. The fourth-order valence-corrected chi connectivity index (χ4v) is 2.70. The zero-order valence-electron chi connectivity index (χ0n) is 11.1. The molecule has 0 radical (unpaired) electrons. The van der Waals surface area contributed by atoms with Gasteiger partial charge in [-0.2, -0.15) is 0 Å². The predicted molar refractivity (Wildman–Crippen MR) is 73.6 cm³/mol. The number of carbonyl (C=O) groups is 1. The van der Waals surface area contributed by atoms with Crippen LogP contribution in [0.25, 0.3) is 0 Å². The molecular formula is C14H16ClF2NO2. The highest BCUT2D eigenvalue weighted by Crippen LogP contribution is 2.35. The summed E-state index contributed by atoms with van der Waals surface area (Å²) in [6, 6.07) is 4.22. The molecule has 0 spiro atoms. The number of anilines is 1. The summed E-state index contributed by atoms with van der Waals surface area (Å²) < 4.78 is 26.4. The Bertz CT molecular complexity index is 508. The molecule has 1 aliphatic rings. The number of carboxylic acid groups (broad SMARTS) is 1. The lowest BCUT2D eigenvalue weighted by molar-refractivity contribution is -0.142. The molecule has 1 N–H and O–H groups in total. The van der Waals surface area contributed by atoms with Crippen LogP contribution >= 0.6 is 11.6 Å². The molecule has 1 aliphatic heterocycles. The number of halogens is 3. The van der Waals surface area contributed by atoms with E-state index >= 15 is 0 Å². The summed E-state index contributed by atoms with van der Waals surface area (Å²) in [6.07, 6.45) is 1.08. The van der Waals surface area contributed by atoms with Crippen molar-refractivity contribution < 1.29 is 18.7 Å². The van der Waals surface area contributed by atoms with Gasteiger partial charge in [-0.3, -0.25) is 4.79 Å². The summed E-state index contributed by atoms with van der Waals surface area (Å²) in [5.41, 5.74) is 0.565. The third-order valence-electron chi connectivity index (χ3n) is 3.64. The average molecular weight is 304 g/mol. The maximum atomic E-state index is 13.2. The maximum absolute atomic E-state index is 13.2. The minimum atomic E-state index is -2.92. The van der Waals surface area contributed by atoms with Crippen LogP contribution in [0.15, 0.2) is 18.2 Å². The monoisotopic (exact) mass is 303 g/mol. The molecule has 0 unspecified atom stereocenters. The lowest BCUT2D eigenvalue weighted by Crippen LogP contribution is -2.36. The standard InChI is InChI=1S/C14H16ClF2NO2/c1-14(16,17)10-2-3-12(11(15)8-10)18-6-4-9(5-7-18)13(19)20/h2-3,8-9H,4-7H2,1H3,(H,19,20). The first-order chi connectivity index (χ1) is 9.29. The van der Waals surface area contributed by atoms with Gasteiger partial charge in [0.05, 0.1) is 16.6 Å². The molecule has 0 amide bonds. The van der Waals surface area contributed by atoms with Crippen molar-refractivity contribution in [2.24, 2.45) is 5.92 Å². The van der Waals surface area contributed by atoms with Crippen LogP contribution in [0.3, 0.4) is 0 Å². The second-order valence-corrected chi connectivity index (χ2v) is 5.56. The Morgan fingerprint density at radius 1 is 1.40 bits per heavy atom. The van der Waals surface area contributed by atoms with Gasteiger partial charge in [0.2, 0.25) is 0 Å². The molecule has 3 nitrogen and oxygen atoms in total. The Kier molecular flexibility index (Phi) is 4.18. The van der Waals surface area contributed by atoms with E-state index in [1.165, 1.54) is 12.1 Å². The third-order valence-corrected chi connectivity index (χ3v) is 3.94. The molecule has 1 aromatic carbocycles. The van der Waals surface area contributed by atoms with Gasteiger partial charge >= 0.3 is 5.97 Å². The van der Waals surface area contributed by atoms with E-state index in [-0.39, 0.29) is 16.5 Å². The van der Waals surface area contributed by atoms with Crippen LogP contribution < -0.4 is 4.90 Å². The number of nitrogens with zero attached hydrogens (tertiary/aromatic N) is 1. The van der Waals surface area contributed by atoms with Gasteiger partial charge in [-0.25, -0.2) is 8.78 Å². The zero-order valence-corrected chi connectivity index (χ0v) is 11.8. The first-order valence-electron chi connectivity index (χ1n) is 6.44. The van der Waals surface area contributed by atoms with Crippen molar-refractivity contribution in [2.75, 3.05) is 18.0 Å². The van der Waals surface area contributed by atoms with Crippen molar-refractivity contribution in [1.29, 1.82) is 0 Å². The van der Waals surface area contributed by atoms with Crippen molar-refractivity contribution >= 4 is 23.3 Å². The van der Waals surface area contributed by atoms with Crippen LogP contribution in [0.4, 0.5) is 14.5 Å². The Morgan fingerprint density at radius 3 is 2.45 bits per heavy atom. The molecule has 0 aromatic heterocycles. The zero-order chi connectivity index (χ0) is 14.9. The molecule has 0 saturated carbocycles. The maximum Gasteiger partial charge on any atom is 0.306 e. The smallest absolute Gasteiger partial charge is 0.306 e. The average Bonchev–Trinajstić information content (AvgIpc) is 2.37. The number of piperidine rings is 1. The van der Waals surface area contributed by atoms with E-state index in [1.807, 2.05) is 4.90 Å². The Balaban J connectivity index is 2.13. The molecule has 0 atom stereocenters. The summed E-state index contributed by atoms with van der Waals surface area (Å²) in [4.78, 5) is 12.8. The minimum Gasteiger partial charge on any atom is -0.481 e. The van der Waals surface area contributed by atoms with Crippen molar-refractivity contribution in [3.63, 3.8) is 0 Å². The van der Waals surface area contributed by atoms with Gasteiger partial charge in [0, 0.05) is 25.6 Å². The minimum absolute atomic E-state index is 0.119. The highest BCUT2D eigenvalue weighted by atomic mass is 35.5. The van der Waals surface area contributed by atoms with E-state index in [2.05, 4.69) is 0 Å². The molecule has 1 aromatic rings. The molecule has 1 fully saturated rings. The molecule has 6 heteroatoms. The fourth-order valence-electron chi connectivity index (χ4n) is 2.40. The van der Waals surface area contributed by atoms with Crippen LogP contribution in [0.1, 0.15) is 25.3 Å². The molecule has 1 heterocycles. The first kappa shape index (κ1) is 15.0. The summed E-state index contributed by atoms with van der Waals surface area (Å²) in [6.45, 7) is 1.97. The largest absolute Gasteiger partial charge is 0.481 e. The Morgan fingerprint density at radius 2 is 2.00 bits per heavy atom. The number of carboxylic acids is 1. The normalized spacial score (nSPS) is 17.3. The molecule has 1 saturated heterocycles. The van der Waals surface area contributed by atoms with Crippen molar-refractivity contribution in [3.05, 3.63) is 28.8 Å². The van der Waals surface area contributed by atoms with E-state index in [4.69, 9.17) is 16.7 Å². The van der Waals surface area contributed by atoms with E-state index in [0.717, 1.165) is 6.92 Å². The lowest BCUT2D eigenvalue weighted by Gasteiger charge is -2.32. The number of aliphatic carboxylic acids is 1. The van der Waals surface area contributed by atoms with E-state index < -0.39 is 11.9 Å². The van der Waals surface area contributed by atoms with E-state index in [9.17, 15) is 13.6 Å². The summed E-state index contributed by atoms with van der Waals surface area (Å²) >= 11 is 6.08. The van der Waals surface area contributed by atoms with Crippen LogP contribution in [-0.4, -0.2) is 24.2 Å². The molecule has 110 valence electrons. The SMILES string of the molecule is CC(F)(F)c1ccc(N2CCC(C(=O)O)CC2)c(Cl)c1. The van der Waals surface area contributed by atoms with Crippen molar-refractivity contribution in [3.8, 4) is 0 Å². The summed E-state index contributed by atoms with van der Waals surface area (Å²) in [5.74, 6) is -4.03. The van der Waals surface area contributed by atoms with Crippen molar-refractivity contribution in [2.45, 2.75) is 25.7 Å². The lowest BCUT2D eigenvalue weighted by atomic mass is 9.96. The number of hydrogen-bond donors (Lipinski definition) is 1. The van der Waals surface area contributed by atoms with Crippen LogP contribution in [-0.2, 0) is 10.7 Å². The topological polar surface area (TPSA) is 40.5 Å². The van der Waals surface area contributed by atoms with Gasteiger partial charge in [-0.15, -0.1) is 0 Å². The number of alkyl halides is 2. The van der Waals surface area contributed by atoms with Crippen LogP contribution in [0.5, 0.6) is 0 Å². The second-order valence-electron chi connectivity index (χ2n) is 5.15. The van der Waals surface area contributed by atoms with Gasteiger partial charge in [0.1, 0.15) is 0 Å². The quantitative estimate of drug-likeness (QED) is 0.924. The Hall–Kier alpha value is -1.36. The van der Waals surface area contributed by atoms with Crippen LogP contribution in [0.2, 0.25) is 5.02 Å². The van der Waals surface area contributed by atoms with Gasteiger partial charge in [0.25, 0.3) is 5.92 Å². The van der Waals surface area contributed by atoms with E-state index in [0.29, 0.717) is 31.6 Å². The van der Waals surface area contributed by atoms with Gasteiger partial charge < -0.3 is 10.0 Å². The molecule has 20 heavy (non-hydrogen) atoms. The number of benzene rings is 1. The summed E-state index contributed by atoms with van der Waals surface area (Å²) in [7, 11) is 0. The summed E-state index contributed by atoms with van der Waals surface area (Å²) in [5, 5.41) is 9.22. The van der Waals surface area contributed by atoms with E-state index in [1.54, 1.807) is 6.07 Å². The number of hydrogen-bond acceptors (Lipinski definition) is 2.